The molecule has 1 aliphatic rings. The van der Waals surface area contributed by atoms with Gasteiger partial charge in [-0.15, -0.1) is 0 Å². The first-order valence-electron chi connectivity index (χ1n) is 12.7. The van der Waals surface area contributed by atoms with Crippen LogP contribution in [0.2, 0.25) is 0 Å². The summed E-state index contributed by atoms with van der Waals surface area (Å²) in [5, 5.41) is 8.33. The second kappa shape index (κ2) is 10.7. The molecule has 0 radical (unpaired) electrons. The lowest BCUT2D eigenvalue weighted by Crippen LogP contribution is -2.33. The number of hydrogen-bond acceptors (Lipinski definition) is 7. The molecule has 5 rings (SSSR count). The number of H-pyrrole nitrogens is 1. The van der Waals surface area contributed by atoms with Gasteiger partial charge in [-0.3, -0.25) is 9.59 Å². The van der Waals surface area contributed by atoms with Gasteiger partial charge in [-0.05, 0) is 48.8 Å². The topological polar surface area (TPSA) is 132 Å². The molecule has 9 nitrogen and oxygen atoms in total. The van der Waals surface area contributed by atoms with Crippen LogP contribution >= 0.6 is 0 Å². The van der Waals surface area contributed by atoms with E-state index in [4.69, 9.17) is 5.73 Å². The van der Waals surface area contributed by atoms with E-state index in [0.29, 0.717) is 37.3 Å². The zero-order valence-corrected chi connectivity index (χ0v) is 21.5. The summed E-state index contributed by atoms with van der Waals surface area (Å²) in [6, 6.07) is 3.31. The van der Waals surface area contributed by atoms with Crippen molar-refractivity contribution in [2.75, 3.05) is 11.1 Å². The van der Waals surface area contributed by atoms with Crippen molar-refractivity contribution in [2.45, 2.75) is 50.6 Å². The van der Waals surface area contributed by atoms with Crippen LogP contribution in [0.25, 0.3) is 22.2 Å². The molecule has 0 aliphatic heterocycles. The van der Waals surface area contributed by atoms with E-state index in [9.17, 15) is 35.9 Å². The van der Waals surface area contributed by atoms with Crippen LogP contribution in [0.15, 0.2) is 46.4 Å². The minimum atomic E-state index is -4.88. The van der Waals surface area contributed by atoms with Crippen molar-refractivity contribution < 1.29 is 30.7 Å². The van der Waals surface area contributed by atoms with Crippen molar-refractivity contribution in [3.05, 3.63) is 74.4 Å². The fourth-order valence-electron chi connectivity index (χ4n) is 5.24. The number of aromatic nitrogens is 5. The number of alkyl halides is 6. The highest BCUT2D eigenvalue weighted by Gasteiger charge is 2.38. The van der Waals surface area contributed by atoms with Gasteiger partial charge >= 0.3 is 12.4 Å². The van der Waals surface area contributed by atoms with Crippen molar-refractivity contribution in [1.29, 1.82) is 0 Å². The van der Waals surface area contributed by atoms with Gasteiger partial charge in [-0.25, -0.2) is 19.5 Å². The van der Waals surface area contributed by atoms with Gasteiger partial charge in [0.25, 0.3) is 11.1 Å². The number of nitrogens with one attached hydrogen (secondary N) is 2. The molecule has 1 fully saturated rings. The molecule has 16 heteroatoms. The maximum absolute atomic E-state index is 15.0. The Morgan fingerprint density at radius 2 is 1.83 bits per heavy atom. The quantitative estimate of drug-likeness (QED) is 0.277. The summed E-state index contributed by atoms with van der Waals surface area (Å²) in [7, 11) is 0. The largest absolute Gasteiger partial charge is 0.423 e. The second-order valence-corrected chi connectivity index (χ2v) is 10.0. The zero-order valence-electron chi connectivity index (χ0n) is 21.5. The molecule has 222 valence electrons. The molecule has 1 aliphatic carbocycles. The molecule has 1 aromatic carbocycles. The molecule has 0 amide bonds. The van der Waals surface area contributed by atoms with Crippen LogP contribution in [0, 0.1) is 11.7 Å². The number of benzene rings is 1. The van der Waals surface area contributed by atoms with Gasteiger partial charge in [0.15, 0.2) is 5.82 Å². The summed E-state index contributed by atoms with van der Waals surface area (Å²) in [4.78, 5) is 32.2. The molecule has 2 atom stereocenters. The third kappa shape index (κ3) is 5.78. The summed E-state index contributed by atoms with van der Waals surface area (Å²) in [6.45, 7) is 0.203. The van der Waals surface area contributed by atoms with Crippen molar-refractivity contribution in [3.8, 4) is 11.4 Å². The van der Waals surface area contributed by atoms with Gasteiger partial charge in [0, 0.05) is 25.0 Å². The van der Waals surface area contributed by atoms with Crippen LogP contribution < -0.4 is 22.2 Å². The van der Waals surface area contributed by atoms with Crippen molar-refractivity contribution in [3.63, 3.8) is 0 Å². The third-order valence-electron chi connectivity index (χ3n) is 7.17. The van der Waals surface area contributed by atoms with Crippen molar-refractivity contribution in [1.82, 2.24) is 24.7 Å². The van der Waals surface area contributed by atoms with Gasteiger partial charge in [0.2, 0.25) is 0 Å². The van der Waals surface area contributed by atoms with E-state index in [1.807, 2.05) is 0 Å². The molecule has 1 saturated carbocycles. The standard InChI is InChI=1S/C26H22F7N7O2/c27-18-8-15-13(7-16(18)22-35-9-17(21(34)38-22)25(28,29)30)4-5-40(24(15)42)11-12-2-1-3-14(6-12)37-19-10-36-39-23(41)20(19)26(31,32)33/h4-5,7-10,12,14H,1-3,6,11H2,(H2,34,35,38)(H2,37,39,41)/t12-,14+/m1/s1. The predicted molar refractivity (Wildman–Crippen MR) is 138 cm³/mol. The minimum Gasteiger partial charge on any atom is -0.383 e. The molecule has 42 heavy (non-hydrogen) atoms. The SMILES string of the molecule is Nc1nc(-c2cc3ccn(C[C@@H]4CCC[C@H](Nc5cn[nH]c(=O)c5C(F)(F)F)C4)c(=O)c3cc2F)ncc1C(F)(F)F. The summed E-state index contributed by atoms with van der Waals surface area (Å²) in [5.41, 5.74) is 0.231. The molecule has 3 aromatic heterocycles. The van der Waals surface area contributed by atoms with E-state index in [1.54, 1.807) is 5.10 Å². The van der Waals surface area contributed by atoms with Crippen LogP contribution in [-0.2, 0) is 18.9 Å². The van der Waals surface area contributed by atoms with Crippen LogP contribution in [0.3, 0.4) is 0 Å². The Morgan fingerprint density at radius 1 is 1.07 bits per heavy atom. The number of fused-ring (bicyclic) bond motifs is 1. The number of anilines is 2. The number of hydrogen-bond donors (Lipinski definition) is 3. The van der Waals surface area contributed by atoms with Crippen LogP contribution in [0.5, 0.6) is 0 Å². The fourth-order valence-corrected chi connectivity index (χ4v) is 5.24. The van der Waals surface area contributed by atoms with Crippen LogP contribution in [-0.4, -0.2) is 30.8 Å². The first-order valence-corrected chi connectivity index (χ1v) is 12.7. The number of halogens is 7. The lowest BCUT2D eigenvalue weighted by molar-refractivity contribution is -0.138. The molecule has 0 saturated heterocycles. The average Bonchev–Trinajstić information content (AvgIpc) is 2.89. The normalized spacial score (nSPS) is 17.9. The predicted octanol–water partition coefficient (Wildman–Crippen LogP) is 4.97. The van der Waals surface area contributed by atoms with E-state index in [-0.39, 0.29) is 29.2 Å². The highest BCUT2D eigenvalue weighted by molar-refractivity contribution is 5.86. The van der Waals surface area contributed by atoms with Gasteiger partial charge in [0.05, 0.1) is 22.8 Å². The molecule has 0 spiro atoms. The van der Waals surface area contributed by atoms with E-state index in [2.05, 4.69) is 20.4 Å². The Balaban J connectivity index is 1.37. The van der Waals surface area contributed by atoms with Gasteiger partial charge < -0.3 is 15.6 Å². The number of aromatic amines is 1. The number of nitrogens with two attached hydrogens (primary N) is 1. The third-order valence-corrected chi connectivity index (χ3v) is 7.17. The highest BCUT2D eigenvalue weighted by atomic mass is 19.4. The van der Waals surface area contributed by atoms with Crippen LogP contribution in [0.1, 0.15) is 36.8 Å². The minimum absolute atomic E-state index is 0.00789. The Bertz CT molecular complexity index is 1770. The maximum Gasteiger partial charge on any atom is 0.423 e. The fraction of sp³-hybridized carbons (Fsp3) is 0.346. The molecule has 3 heterocycles. The number of pyridine rings is 1. The monoisotopic (exact) mass is 597 g/mol. The van der Waals surface area contributed by atoms with E-state index < -0.39 is 58.0 Å². The van der Waals surface area contributed by atoms with E-state index >= 15 is 4.39 Å². The Labute approximate surface area is 231 Å². The van der Waals surface area contributed by atoms with Gasteiger partial charge in [-0.2, -0.15) is 31.4 Å². The van der Waals surface area contributed by atoms with Crippen LogP contribution in [0.4, 0.5) is 42.2 Å². The summed E-state index contributed by atoms with van der Waals surface area (Å²) in [5.74, 6) is -2.31. The van der Waals surface area contributed by atoms with E-state index in [0.717, 1.165) is 12.3 Å². The smallest absolute Gasteiger partial charge is 0.383 e. The number of nitrogen functional groups attached to an aromatic ring is 1. The van der Waals surface area contributed by atoms with E-state index in [1.165, 1.54) is 22.9 Å². The molecule has 0 bridgehead atoms. The summed E-state index contributed by atoms with van der Waals surface area (Å²) >= 11 is 0. The molecule has 4 aromatic rings. The second-order valence-electron chi connectivity index (χ2n) is 10.0. The molecular weight excluding hydrogens is 575 g/mol. The lowest BCUT2D eigenvalue weighted by atomic mass is 9.85. The first-order chi connectivity index (χ1) is 19.7. The molecule has 0 unspecified atom stereocenters. The lowest BCUT2D eigenvalue weighted by Gasteiger charge is -2.31. The first kappa shape index (κ1) is 29.0. The number of nitrogens with zero attached hydrogens (tertiary/aromatic N) is 4. The van der Waals surface area contributed by atoms with Crippen molar-refractivity contribution in [2.24, 2.45) is 5.92 Å². The Hall–Kier alpha value is -4.50. The molecule has 4 N–H and O–H groups in total. The average molecular weight is 597 g/mol. The Morgan fingerprint density at radius 3 is 2.52 bits per heavy atom. The summed E-state index contributed by atoms with van der Waals surface area (Å²) in [6.07, 6.45) is -4.55. The highest BCUT2D eigenvalue weighted by Crippen LogP contribution is 2.35. The summed E-state index contributed by atoms with van der Waals surface area (Å²) < 4.78 is 95.6. The van der Waals surface area contributed by atoms with Gasteiger partial charge in [0.1, 0.15) is 22.8 Å². The molecular formula is C26H22F7N7O2. The number of rotatable bonds is 5. The Kier molecular flexibility index (Phi) is 7.41. The van der Waals surface area contributed by atoms with Crippen molar-refractivity contribution >= 4 is 22.3 Å². The van der Waals surface area contributed by atoms with Gasteiger partial charge in [-0.1, -0.05) is 6.42 Å². The maximum atomic E-state index is 15.0. The zero-order chi connectivity index (χ0) is 30.4.